The van der Waals surface area contributed by atoms with Gasteiger partial charge in [-0.15, -0.1) is 0 Å². The topological polar surface area (TPSA) is 71.5 Å². The Bertz CT molecular complexity index is 656. The summed E-state index contributed by atoms with van der Waals surface area (Å²) in [7, 11) is 0. The Kier molecular flexibility index (Phi) is 5.60. The van der Waals surface area contributed by atoms with E-state index in [1.54, 1.807) is 17.3 Å². The van der Waals surface area contributed by atoms with Gasteiger partial charge in [0.25, 0.3) is 0 Å². The molecular formula is C21H29N3O3. The molecule has 2 amide bonds. The molecule has 0 radical (unpaired) electrons. The molecule has 1 aromatic rings. The Balaban J connectivity index is 1.38. The number of hydrogen-bond donors (Lipinski definition) is 1. The van der Waals surface area contributed by atoms with Gasteiger partial charge >= 0.3 is 0 Å². The molecule has 27 heavy (non-hydrogen) atoms. The average Bonchev–Trinajstić information content (AvgIpc) is 3.17. The summed E-state index contributed by atoms with van der Waals surface area (Å²) in [4.78, 5) is 31.4. The summed E-state index contributed by atoms with van der Waals surface area (Å²) in [5, 5.41) is 3.06. The zero-order valence-electron chi connectivity index (χ0n) is 15.8. The zero-order valence-corrected chi connectivity index (χ0v) is 15.8. The average molecular weight is 371 g/mol. The largest absolute Gasteiger partial charge is 0.487 e. The van der Waals surface area contributed by atoms with Crippen LogP contribution in [0.3, 0.4) is 0 Å². The molecule has 1 N–H and O–H groups in total. The van der Waals surface area contributed by atoms with Crippen LogP contribution in [0.25, 0.3) is 0 Å². The van der Waals surface area contributed by atoms with Crippen molar-refractivity contribution in [1.29, 1.82) is 0 Å². The van der Waals surface area contributed by atoms with Crippen molar-refractivity contribution < 1.29 is 14.3 Å². The molecule has 4 rings (SSSR count). The van der Waals surface area contributed by atoms with Crippen LogP contribution in [0.15, 0.2) is 24.5 Å². The number of nitrogens with zero attached hydrogens (tertiary/aromatic N) is 2. The third-order valence-corrected chi connectivity index (χ3v) is 5.99. The van der Waals surface area contributed by atoms with Crippen molar-refractivity contribution in [2.45, 2.75) is 76.0 Å². The van der Waals surface area contributed by atoms with Crippen LogP contribution in [0.4, 0.5) is 0 Å². The molecule has 3 fully saturated rings. The maximum absolute atomic E-state index is 12.9. The van der Waals surface area contributed by atoms with Gasteiger partial charge in [-0.05, 0) is 37.3 Å². The van der Waals surface area contributed by atoms with E-state index < -0.39 is 6.04 Å². The van der Waals surface area contributed by atoms with Crippen molar-refractivity contribution in [3.05, 3.63) is 24.5 Å². The number of carbonyl (C=O) groups is 2. The van der Waals surface area contributed by atoms with Crippen molar-refractivity contribution in [3.8, 4) is 5.75 Å². The van der Waals surface area contributed by atoms with E-state index in [0.717, 1.165) is 19.3 Å². The molecule has 1 saturated heterocycles. The van der Waals surface area contributed by atoms with Crippen LogP contribution >= 0.6 is 0 Å². The smallest absolute Gasteiger partial charge is 0.243 e. The number of aromatic nitrogens is 1. The molecule has 2 aliphatic carbocycles. The summed E-state index contributed by atoms with van der Waals surface area (Å²) in [6.45, 7) is 0.473. The van der Waals surface area contributed by atoms with Crippen molar-refractivity contribution in [2.24, 2.45) is 5.92 Å². The Labute approximate surface area is 160 Å². The standard InChI is InChI=1S/C21H29N3O3/c25-20(10-7-15-4-1-2-5-15)24-14-18(27-17-6-3-11-22-13-17)12-19(24)21(26)23-16-8-9-16/h3,6,11,13,15-16,18-19H,1-2,4-5,7-10,12,14H2,(H,23,26)/t18-,19-/m0/s1. The number of likely N-dealkylation sites (tertiary alicyclic amines) is 1. The molecule has 1 aliphatic heterocycles. The predicted octanol–water partition coefficient (Wildman–Crippen LogP) is 2.68. The van der Waals surface area contributed by atoms with Crippen LogP contribution in [0.5, 0.6) is 5.75 Å². The zero-order chi connectivity index (χ0) is 18.6. The fourth-order valence-corrected chi connectivity index (χ4v) is 4.31. The second-order valence-corrected chi connectivity index (χ2v) is 8.20. The lowest BCUT2D eigenvalue weighted by atomic mass is 10.0. The van der Waals surface area contributed by atoms with E-state index in [0.29, 0.717) is 37.1 Å². The molecular weight excluding hydrogens is 342 g/mol. The monoisotopic (exact) mass is 371 g/mol. The third-order valence-electron chi connectivity index (χ3n) is 5.99. The van der Waals surface area contributed by atoms with Crippen LogP contribution in [0.2, 0.25) is 0 Å². The van der Waals surface area contributed by atoms with Gasteiger partial charge in [0, 0.05) is 25.1 Å². The summed E-state index contributed by atoms with van der Waals surface area (Å²) < 4.78 is 6.00. The number of amides is 2. The highest BCUT2D eigenvalue weighted by molar-refractivity contribution is 5.88. The maximum atomic E-state index is 12.9. The molecule has 6 heteroatoms. The van der Waals surface area contributed by atoms with E-state index in [1.165, 1.54) is 25.7 Å². The van der Waals surface area contributed by atoms with Crippen molar-refractivity contribution in [2.75, 3.05) is 6.54 Å². The number of rotatable bonds is 7. The fourth-order valence-electron chi connectivity index (χ4n) is 4.31. The second-order valence-electron chi connectivity index (χ2n) is 8.20. The third kappa shape index (κ3) is 4.79. The van der Waals surface area contributed by atoms with Gasteiger partial charge in [-0.2, -0.15) is 0 Å². The number of ether oxygens (including phenoxy) is 1. The highest BCUT2D eigenvalue weighted by Gasteiger charge is 2.42. The summed E-state index contributed by atoms with van der Waals surface area (Å²) in [6.07, 6.45) is 12.4. The van der Waals surface area contributed by atoms with Gasteiger partial charge in [-0.3, -0.25) is 14.6 Å². The highest BCUT2D eigenvalue weighted by atomic mass is 16.5. The van der Waals surface area contributed by atoms with E-state index >= 15 is 0 Å². The first-order valence-corrected chi connectivity index (χ1v) is 10.4. The molecule has 2 saturated carbocycles. The summed E-state index contributed by atoms with van der Waals surface area (Å²) in [5.74, 6) is 1.43. The highest BCUT2D eigenvalue weighted by Crippen LogP contribution is 2.30. The van der Waals surface area contributed by atoms with Gasteiger partial charge in [0.2, 0.25) is 11.8 Å². The molecule has 0 bridgehead atoms. The molecule has 2 heterocycles. The van der Waals surface area contributed by atoms with Gasteiger partial charge in [0.15, 0.2) is 0 Å². The Morgan fingerprint density at radius 1 is 1.22 bits per heavy atom. The number of pyridine rings is 1. The first-order chi connectivity index (χ1) is 13.2. The molecule has 2 atom stereocenters. The minimum Gasteiger partial charge on any atom is -0.487 e. The molecule has 0 spiro atoms. The van der Waals surface area contributed by atoms with Crippen molar-refractivity contribution in [3.63, 3.8) is 0 Å². The van der Waals surface area contributed by atoms with Crippen LogP contribution < -0.4 is 10.1 Å². The normalized spacial score (nSPS) is 25.6. The lowest BCUT2D eigenvalue weighted by Gasteiger charge is -2.24. The second kappa shape index (κ2) is 8.28. The quantitative estimate of drug-likeness (QED) is 0.800. The van der Waals surface area contributed by atoms with Crippen LogP contribution in [-0.4, -0.2) is 46.4 Å². The predicted molar refractivity (Wildman–Crippen MR) is 101 cm³/mol. The molecule has 1 aromatic heterocycles. The van der Waals surface area contributed by atoms with Gasteiger partial charge in [0.1, 0.15) is 17.9 Å². The van der Waals surface area contributed by atoms with Crippen molar-refractivity contribution in [1.82, 2.24) is 15.2 Å². The van der Waals surface area contributed by atoms with Crippen LogP contribution in [0.1, 0.15) is 57.8 Å². The number of carbonyl (C=O) groups excluding carboxylic acids is 2. The lowest BCUT2D eigenvalue weighted by molar-refractivity contribution is -0.138. The number of hydrogen-bond acceptors (Lipinski definition) is 4. The summed E-state index contributed by atoms with van der Waals surface area (Å²) >= 11 is 0. The molecule has 3 aliphatic rings. The van der Waals surface area contributed by atoms with E-state index in [-0.39, 0.29) is 17.9 Å². The molecule has 146 valence electrons. The Morgan fingerprint density at radius 3 is 2.74 bits per heavy atom. The van der Waals surface area contributed by atoms with E-state index in [2.05, 4.69) is 10.3 Å². The molecule has 6 nitrogen and oxygen atoms in total. The van der Waals surface area contributed by atoms with E-state index in [4.69, 9.17) is 4.74 Å². The minimum atomic E-state index is -0.414. The summed E-state index contributed by atoms with van der Waals surface area (Å²) in [6, 6.07) is 3.57. The molecule has 0 aromatic carbocycles. The van der Waals surface area contributed by atoms with E-state index in [1.807, 2.05) is 12.1 Å². The Hall–Kier alpha value is -2.11. The van der Waals surface area contributed by atoms with Crippen LogP contribution in [-0.2, 0) is 9.59 Å². The van der Waals surface area contributed by atoms with Gasteiger partial charge in [0.05, 0.1) is 12.7 Å². The van der Waals surface area contributed by atoms with Crippen molar-refractivity contribution >= 4 is 11.8 Å². The number of nitrogens with one attached hydrogen (secondary N) is 1. The van der Waals surface area contributed by atoms with Gasteiger partial charge in [-0.1, -0.05) is 25.7 Å². The SMILES string of the molecule is O=C(NC1CC1)[C@@H]1C[C@H](Oc2cccnc2)CN1C(=O)CCC1CCCC1. The Morgan fingerprint density at radius 2 is 2.04 bits per heavy atom. The van der Waals surface area contributed by atoms with E-state index in [9.17, 15) is 9.59 Å². The van der Waals surface area contributed by atoms with Gasteiger partial charge < -0.3 is 15.0 Å². The lowest BCUT2D eigenvalue weighted by Crippen LogP contribution is -2.46. The minimum absolute atomic E-state index is 0.0241. The summed E-state index contributed by atoms with van der Waals surface area (Å²) in [5.41, 5.74) is 0. The maximum Gasteiger partial charge on any atom is 0.243 e. The fraction of sp³-hybridized carbons (Fsp3) is 0.667. The molecule has 0 unspecified atom stereocenters. The first-order valence-electron chi connectivity index (χ1n) is 10.4. The van der Waals surface area contributed by atoms with Gasteiger partial charge in [-0.25, -0.2) is 0 Å². The van der Waals surface area contributed by atoms with Crippen LogP contribution in [0, 0.1) is 5.92 Å². The first kappa shape index (κ1) is 18.3.